The predicted octanol–water partition coefficient (Wildman–Crippen LogP) is 2.57. The molecule has 23 heavy (non-hydrogen) atoms. The predicted molar refractivity (Wildman–Crippen MR) is 75.2 cm³/mol. The number of allylic oxidation sites excluding steroid dienone is 1. The van der Waals surface area contributed by atoms with Gasteiger partial charge in [-0.15, -0.1) is 0 Å². The van der Waals surface area contributed by atoms with Crippen LogP contribution in [0.4, 0.5) is 18.0 Å². The summed E-state index contributed by atoms with van der Waals surface area (Å²) < 4.78 is 45.3. The molecule has 0 aromatic heterocycles. The van der Waals surface area contributed by atoms with Gasteiger partial charge in [0.15, 0.2) is 0 Å². The van der Waals surface area contributed by atoms with Gasteiger partial charge in [-0.05, 0) is 19.9 Å². The molecule has 0 fully saturated rings. The quantitative estimate of drug-likeness (QED) is 0.835. The number of nitrogens with one attached hydrogen (secondary N) is 2. The maximum Gasteiger partial charge on any atom is 0.338 e. The Bertz CT molecular complexity index is 674. The molecule has 8 heteroatoms. The summed E-state index contributed by atoms with van der Waals surface area (Å²) >= 11 is 0. The van der Waals surface area contributed by atoms with Gasteiger partial charge in [-0.3, -0.25) is 0 Å². The monoisotopic (exact) mass is 328 g/mol. The van der Waals surface area contributed by atoms with Crippen LogP contribution in [0.3, 0.4) is 0 Å². The van der Waals surface area contributed by atoms with Crippen molar-refractivity contribution in [3.8, 4) is 0 Å². The molecule has 1 aliphatic heterocycles. The molecule has 1 heterocycles. The minimum absolute atomic E-state index is 0.0458. The molecule has 124 valence electrons. The van der Waals surface area contributed by atoms with Gasteiger partial charge in [0.05, 0.1) is 23.9 Å². The topological polar surface area (TPSA) is 67.4 Å². The number of alkyl halides is 2. The van der Waals surface area contributed by atoms with Crippen LogP contribution < -0.4 is 10.6 Å². The molecule has 2 amide bonds. The van der Waals surface area contributed by atoms with Crippen LogP contribution in [-0.4, -0.2) is 25.0 Å². The average Bonchev–Trinajstić information content (AvgIpc) is 2.48. The Morgan fingerprint density at radius 2 is 2.09 bits per heavy atom. The number of halogens is 3. The molecule has 0 radical (unpaired) electrons. The van der Waals surface area contributed by atoms with Gasteiger partial charge in [-0.1, -0.05) is 17.7 Å². The van der Waals surface area contributed by atoms with Crippen LogP contribution in [0.25, 0.3) is 0 Å². The SMILES string of the molecule is CCOC(=O)C1=C(C(F)F)NC(=O)NC1c1cc(C)ccc1F. The zero-order chi connectivity index (χ0) is 17.1. The molecular formula is C15H15F3N2O3. The lowest BCUT2D eigenvalue weighted by molar-refractivity contribution is -0.139. The van der Waals surface area contributed by atoms with E-state index < -0.39 is 41.6 Å². The number of amides is 2. The van der Waals surface area contributed by atoms with Gasteiger partial charge in [0.25, 0.3) is 6.43 Å². The van der Waals surface area contributed by atoms with E-state index in [9.17, 15) is 22.8 Å². The lowest BCUT2D eigenvalue weighted by Gasteiger charge is -2.29. The zero-order valence-electron chi connectivity index (χ0n) is 12.5. The summed E-state index contributed by atoms with van der Waals surface area (Å²) in [7, 11) is 0. The first-order valence-electron chi connectivity index (χ1n) is 6.88. The Morgan fingerprint density at radius 1 is 1.39 bits per heavy atom. The number of carbonyl (C=O) groups is 2. The van der Waals surface area contributed by atoms with E-state index in [1.165, 1.54) is 19.1 Å². The molecule has 1 aliphatic rings. The number of rotatable bonds is 4. The molecule has 1 atom stereocenters. The van der Waals surface area contributed by atoms with Crippen molar-refractivity contribution >= 4 is 12.0 Å². The second-order valence-electron chi connectivity index (χ2n) is 4.90. The normalized spacial score (nSPS) is 17.8. The molecule has 1 aromatic rings. The van der Waals surface area contributed by atoms with E-state index in [0.717, 1.165) is 6.07 Å². The summed E-state index contributed by atoms with van der Waals surface area (Å²) in [6.07, 6.45) is -3.11. The van der Waals surface area contributed by atoms with E-state index in [0.29, 0.717) is 5.56 Å². The number of hydrogen-bond donors (Lipinski definition) is 2. The van der Waals surface area contributed by atoms with Gasteiger partial charge in [0.1, 0.15) is 5.82 Å². The molecule has 2 N–H and O–H groups in total. The lowest BCUT2D eigenvalue weighted by Crippen LogP contribution is -2.47. The molecular weight excluding hydrogens is 313 g/mol. The number of benzene rings is 1. The summed E-state index contributed by atoms with van der Waals surface area (Å²) in [5.74, 6) is -1.76. The molecule has 2 rings (SSSR count). The van der Waals surface area contributed by atoms with Gasteiger partial charge in [0, 0.05) is 5.56 Å². The van der Waals surface area contributed by atoms with Crippen molar-refractivity contribution in [2.45, 2.75) is 26.3 Å². The molecule has 0 spiro atoms. The number of esters is 1. The second kappa shape index (κ2) is 6.72. The van der Waals surface area contributed by atoms with Crippen LogP contribution in [0.1, 0.15) is 24.1 Å². The highest BCUT2D eigenvalue weighted by atomic mass is 19.3. The fourth-order valence-corrected chi connectivity index (χ4v) is 2.31. The summed E-state index contributed by atoms with van der Waals surface area (Å²) in [4.78, 5) is 23.7. The summed E-state index contributed by atoms with van der Waals surface area (Å²) in [5.41, 5.74) is -0.818. The standard InChI is InChI=1S/C15H15F3N2O3/c1-3-23-14(21)10-11(8-6-7(2)4-5-9(8)16)19-15(22)20-12(10)13(17)18/h4-6,11,13H,3H2,1-2H3,(H2,19,20,22). The van der Waals surface area contributed by atoms with E-state index in [2.05, 4.69) is 5.32 Å². The number of carbonyl (C=O) groups excluding carboxylic acids is 2. The van der Waals surface area contributed by atoms with Crippen LogP contribution >= 0.6 is 0 Å². The fourth-order valence-electron chi connectivity index (χ4n) is 2.31. The highest BCUT2D eigenvalue weighted by Gasteiger charge is 2.38. The molecule has 0 bridgehead atoms. The maximum atomic E-state index is 14.1. The molecule has 5 nitrogen and oxygen atoms in total. The number of hydrogen-bond acceptors (Lipinski definition) is 3. The van der Waals surface area contributed by atoms with Gasteiger partial charge in [-0.25, -0.2) is 22.8 Å². The number of urea groups is 1. The van der Waals surface area contributed by atoms with Crippen molar-refractivity contribution in [2.75, 3.05) is 6.61 Å². The van der Waals surface area contributed by atoms with Crippen molar-refractivity contribution in [1.29, 1.82) is 0 Å². The van der Waals surface area contributed by atoms with Crippen LogP contribution in [0.2, 0.25) is 0 Å². The first kappa shape index (κ1) is 16.9. The van der Waals surface area contributed by atoms with E-state index >= 15 is 0 Å². The Kier molecular flexibility index (Phi) is 4.92. The molecule has 0 saturated carbocycles. The van der Waals surface area contributed by atoms with Crippen molar-refractivity contribution in [3.63, 3.8) is 0 Å². The fraction of sp³-hybridized carbons (Fsp3) is 0.333. The Hall–Kier alpha value is -2.51. The molecule has 1 aromatic carbocycles. The third-order valence-corrected chi connectivity index (χ3v) is 3.28. The van der Waals surface area contributed by atoms with Gasteiger partial charge < -0.3 is 15.4 Å². The average molecular weight is 328 g/mol. The van der Waals surface area contributed by atoms with Crippen molar-refractivity contribution in [3.05, 3.63) is 46.4 Å². The highest BCUT2D eigenvalue weighted by Crippen LogP contribution is 2.31. The van der Waals surface area contributed by atoms with Crippen molar-refractivity contribution in [2.24, 2.45) is 0 Å². The highest BCUT2D eigenvalue weighted by molar-refractivity contribution is 5.95. The Balaban J connectivity index is 2.62. The largest absolute Gasteiger partial charge is 0.463 e. The molecule has 0 saturated heterocycles. The first-order valence-corrected chi connectivity index (χ1v) is 6.88. The van der Waals surface area contributed by atoms with Crippen molar-refractivity contribution in [1.82, 2.24) is 10.6 Å². The Morgan fingerprint density at radius 3 is 2.70 bits per heavy atom. The summed E-state index contributed by atoms with van der Waals surface area (Å²) in [6, 6.07) is 1.71. The third kappa shape index (κ3) is 3.46. The van der Waals surface area contributed by atoms with Crippen LogP contribution in [-0.2, 0) is 9.53 Å². The maximum absolute atomic E-state index is 14.1. The van der Waals surface area contributed by atoms with Gasteiger partial charge >= 0.3 is 12.0 Å². The number of ether oxygens (including phenoxy) is 1. The number of aryl methyl sites for hydroxylation is 1. The zero-order valence-corrected chi connectivity index (χ0v) is 12.5. The Labute approximate surface area is 130 Å². The summed E-state index contributed by atoms with van der Waals surface area (Å²) in [5, 5.41) is 4.19. The van der Waals surface area contributed by atoms with Crippen LogP contribution in [0.5, 0.6) is 0 Å². The van der Waals surface area contributed by atoms with E-state index in [1.807, 2.05) is 5.32 Å². The van der Waals surface area contributed by atoms with E-state index in [1.54, 1.807) is 6.92 Å². The lowest BCUT2D eigenvalue weighted by atomic mass is 9.93. The smallest absolute Gasteiger partial charge is 0.338 e. The van der Waals surface area contributed by atoms with Gasteiger partial charge in [-0.2, -0.15) is 0 Å². The van der Waals surface area contributed by atoms with Crippen LogP contribution in [0, 0.1) is 12.7 Å². The van der Waals surface area contributed by atoms with Gasteiger partial charge in [0.2, 0.25) is 0 Å². The van der Waals surface area contributed by atoms with Crippen molar-refractivity contribution < 1.29 is 27.5 Å². The summed E-state index contributed by atoms with van der Waals surface area (Å²) in [6.45, 7) is 3.14. The minimum atomic E-state index is -3.11. The first-order chi connectivity index (χ1) is 10.8. The van der Waals surface area contributed by atoms with Crippen LogP contribution in [0.15, 0.2) is 29.5 Å². The van der Waals surface area contributed by atoms with E-state index in [4.69, 9.17) is 4.74 Å². The minimum Gasteiger partial charge on any atom is -0.463 e. The molecule has 0 aliphatic carbocycles. The second-order valence-corrected chi connectivity index (χ2v) is 4.90. The third-order valence-electron chi connectivity index (χ3n) is 3.28. The van der Waals surface area contributed by atoms with E-state index in [-0.39, 0.29) is 12.2 Å². The molecule has 1 unspecified atom stereocenters.